The van der Waals surface area contributed by atoms with Crippen LogP contribution >= 0.6 is 0 Å². The van der Waals surface area contributed by atoms with E-state index in [4.69, 9.17) is 10.2 Å². The lowest BCUT2D eigenvalue weighted by Crippen LogP contribution is -2.20. The van der Waals surface area contributed by atoms with E-state index >= 15 is 0 Å². The summed E-state index contributed by atoms with van der Waals surface area (Å²) in [6, 6.07) is 0.873. The maximum Gasteiger partial charge on any atom is 0.317 e. The molecule has 14 heavy (non-hydrogen) atoms. The van der Waals surface area contributed by atoms with Gasteiger partial charge in [0.1, 0.15) is 0 Å². The molecule has 0 aromatic carbocycles. The third-order valence-electron chi connectivity index (χ3n) is 2.98. The van der Waals surface area contributed by atoms with Crippen LogP contribution in [0.5, 0.6) is 0 Å². The Hall–Kier alpha value is -1.26. The lowest BCUT2D eigenvalue weighted by Gasteiger charge is -2.12. The van der Waals surface area contributed by atoms with Crippen LogP contribution in [0.2, 0.25) is 0 Å². The zero-order valence-electron chi connectivity index (χ0n) is 8.74. The fourth-order valence-electron chi connectivity index (χ4n) is 1.95. The van der Waals surface area contributed by atoms with E-state index in [0.29, 0.717) is 23.4 Å². The van der Waals surface area contributed by atoms with Crippen molar-refractivity contribution in [2.45, 2.75) is 33.2 Å². The van der Waals surface area contributed by atoms with Gasteiger partial charge in [-0.25, -0.2) is 0 Å². The first kappa shape index (κ1) is 9.30. The largest absolute Gasteiger partial charge is 0.390 e. The summed E-state index contributed by atoms with van der Waals surface area (Å²) in [5.74, 6) is 0.677. The Bertz CT molecular complexity index is 333. The van der Waals surface area contributed by atoms with E-state index in [9.17, 15) is 0 Å². The number of nitrogen functional groups attached to an aromatic ring is 1. The van der Waals surface area contributed by atoms with Gasteiger partial charge in [0.15, 0.2) is 0 Å². The number of aromatic nitrogens is 2. The molecule has 2 rings (SSSR count). The molecular formula is C9H16N4O. The van der Waals surface area contributed by atoms with Crippen LogP contribution < -0.4 is 11.1 Å². The Balaban J connectivity index is 1.93. The van der Waals surface area contributed by atoms with Crippen molar-refractivity contribution in [3.05, 3.63) is 0 Å². The summed E-state index contributed by atoms with van der Waals surface area (Å²) in [7, 11) is 0. The van der Waals surface area contributed by atoms with Crippen LogP contribution in [-0.2, 0) is 0 Å². The molecule has 1 aromatic rings. The minimum atomic E-state index is 0.106. The van der Waals surface area contributed by atoms with Crippen molar-refractivity contribution in [2.75, 3.05) is 11.1 Å². The molecular weight excluding hydrogens is 180 g/mol. The lowest BCUT2D eigenvalue weighted by molar-refractivity contribution is 0.501. The minimum Gasteiger partial charge on any atom is -0.390 e. The summed E-state index contributed by atoms with van der Waals surface area (Å²) in [5.41, 5.74) is 5.76. The highest BCUT2D eigenvalue weighted by molar-refractivity contribution is 5.25. The maximum atomic E-state index is 5.32. The molecule has 2 atom stereocenters. The molecule has 0 spiro atoms. The van der Waals surface area contributed by atoms with E-state index in [2.05, 4.69) is 36.3 Å². The van der Waals surface area contributed by atoms with E-state index in [1.54, 1.807) is 0 Å². The van der Waals surface area contributed by atoms with Gasteiger partial charge in [-0.1, -0.05) is 24.0 Å². The summed E-state index contributed by atoms with van der Waals surface area (Å²) in [4.78, 5) is 0. The molecule has 2 unspecified atom stereocenters. The van der Waals surface area contributed by atoms with Gasteiger partial charge in [-0.15, -0.1) is 0 Å². The number of nitrogens with zero attached hydrogens (tertiary/aromatic N) is 2. The molecule has 78 valence electrons. The Morgan fingerprint density at radius 1 is 1.57 bits per heavy atom. The fourth-order valence-corrected chi connectivity index (χ4v) is 1.95. The maximum absolute atomic E-state index is 5.32. The Kier molecular flexibility index (Phi) is 1.90. The first-order valence-electron chi connectivity index (χ1n) is 4.84. The second kappa shape index (κ2) is 2.87. The lowest BCUT2D eigenvalue weighted by atomic mass is 10.1. The highest BCUT2D eigenvalue weighted by Crippen LogP contribution is 2.53. The topological polar surface area (TPSA) is 77.0 Å². The molecule has 1 saturated carbocycles. The van der Waals surface area contributed by atoms with Gasteiger partial charge in [0.25, 0.3) is 0 Å². The molecule has 1 heterocycles. The minimum absolute atomic E-state index is 0.106. The van der Waals surface area contributed by atoms with Crippen molar-refractivity contribution >= 4 is 12.0 Å². The van der Waals surface area contributed by atoms with Gasteiger partial charge in [-0.05, 0) is 24.7 Å². The van der Waals surface area contributed by atoms with Crippen LogP contribution in [0.3, 0.4) is 0 Å². The van der Waals surface area contributed by atoms with Crippen LogP contribution in [0, 0.1) is 11.3 Å². The molecule has 0 saturated heterocycles. The molecule has 1 aliphatic rings. The van der Waals surface area contributed by atoms with Gasteiger partial charge in [-0.3, -0.25) is 0 Å². The van der Waals surface area contributed by atoms with Crippen LogP contribution in [0.1, 0.15) is 27.2 Å². The van der Waals surface area contributed by atoms with Crippen molar-refractivity contribution in [1.82, 2.24) is 10.2 Å². The third kappa shape index (κ3) is 1.66. The molecule has 0 radical (unpaired) electrons. The molecule has 5 nitrogen and oxygen atoms in total. The van der Waals surface area contributed by atoms with E-state index in [0.717, 1.165) is 0 Å². The van der Waals surface area contributed by atoms with Gasteiger partial charge in [0.2, 0.25) is 0 Å². The quantitative estimate of drug-likeness (QED) is 0.766. The molecule has 0 bridgehead atoms. The van der Waals surface area contributed by atoms with Crippen molar-refractivity contribution in [1.29, 1.82) is 0 Å². The first-order chi connectivity index (χ1) is 6.49. The molecule has 1 aliphatic carbocycles. The summed E-state index contributed by atoms with van der Waals surface area (Å²) < 4.78 is 5.04. The smallest absolute Gasteiger partial charge is 0.317 e. The summed E-state index contributed by atoms with van der Waals surface area (Å²) in [5, 5.41) is 10.5. The number of rotatable bonds is 3. The molecule has 0 amide bonds. The van der Waals surface area contributed by atoms with E-state index < -0.39 is 0 Å². The van der Waals surface area contributed by atoms with E-state index in [-0.39, 0.29) is 6.01 Å². The van der Waals surface area contributed by atoms with Crippen molar-refractivity contribution in [3.8, 4) is 0 Å². The average molecular weight is 196 g/mol. The van der Waals surface area contributed by atoms with Crippen LogP contribution in [0.4, 0.5) is 12.0 Å². The monoisotopic (exact) mass is 196 g/mol. The van der Waals surface area contributed by atoms with Gasteiger partial charge in [0.05, 0.1) is 0 Å². The van der Waals surface area contributed by atoms with Crippen molar-refractivity contribution in [3.63, 3.8) is 0 Å². The number of nitrogens with one attached hydrogen (secondary N) is 1. The Morgan fingerprint density at radius 3 is 2.64 bits per heavy atom. The number of nitrogens with two attached hydrogens (primary N) is 1. The molecule has 1 aromatic heterocycles. The Morgan fingerprint density at radius 2 is 2.21 bits per heavy atom. The predicted molar refractivity (Wildman–Crippen MR) is 53.7 cm³/mol. The fraction of sp³-hybridized carbons (Fsp3) is 0.778. The summed E-state index contributed by atoms with van der Waals surface area (Å²) >= 11 is 0. The predicted octanol–water partition coefficient (Wildman–Crippen LogP) is 1.50. The third-order valence-corrected chi connectivity index (χ3v) is 2.98. The second-order valence-corrected chi connectivity index (χ2v) is 4.68. The van der Waals surface area contributed by atoms with Gasteiger partial charge in [0, 0.05) is 6.04 Å². The van der Waals surface area contributed by atoms with E-state index in [1.807, 2.05) is 0 Å². The Labute approximate surface area is 83.1 Å². The summed E-state index contributed by atoms with van der Waals surface area (Å²) in [6.07, 6.45) is 1.24. The first-order valence-corrected chi connectivity index (χ1v) is 4.84. The normalized spacial score (nSPS) is 25.8. The van der Waals surface area contributed by atoms with Crippen molar-refractivity contribution < 1.29 is 4.42 Å². The van der Waals surface area contributed by atoms with Gasteiger partial charge < -0.3 is 15.5 Å². The molecule has 1 fully saturated rings. The standard InChI is InChI=1S/C9H16N4O/c1-5(6-4-9(6,2)3)11-8-13-12-7(10)14-8/h5-6H,4H2,1-3H3,(H2,10,12)(H,11,13). The number of hydrogen-bond acceptors (Lipinski definition) is 5. The molecule has 3 N–H and O–H groups in total. The van der Waals surface area contributed by atoms with Crippen LogP contribution in [0.25, 0.3) is 0 Å². The zero-order valence-corrected chi connectivity index (χ0v) is 8.74. The average Bonchev–Trinajstić information content (AvgIpc) is 2.51. The SMILES string of the molecule is CC(Nc1nnc(N)o1)C1CC1(C)C. The van der Waals surface area contributed by atoms with Crippen LogP contribution in [0.15, 0.2) is 4.42 Å². The zero-order chi connectivity index (χ0) is 10.3. The number of hydrogen-bond donors (Lipinski definition) is 2. The molecule has 0 aliphatic heterocycles. The van der Waals surface area contributed by atoms with Gasteiger partial charge >= 0.3 is 12.0 Å². The molecule has 5 heteroatoms. The second-order valence-electron chi connectivity index (χ2n) is 4.68. The van der Waals surface area contributed by atoms with E-state index in [1.165, 1.54) is 6.42 Å². The van der Waals surface area contributed by atoms with Crippen molar-refractivity contribution in [2.24, 2.45) is 11.3 Å². The highest BCUT2D eigenvalue weighted by atomic mass is 16.4. The number of anilines is 2. The highest BCUT2D eigenvalue weighted by Gasteiger charge is 2.48. The van der Waals surface area contributed by atoms with Crippen LogP contribution in [-0.4, -0.2) is 16.2 Å². The summed E-state index contributed by atoms with van der Waals surface area (Å²) in [6.45, 7) is 6.65. The van der Waals surface area contributed by atoms with Gasteiger partial charge in [-0.2, -0.15) is 0 Å².